The van der Waals surface area contributed by atoms with Gasteiger partial charge >= 0.3 is 0 Å². The summed E-state index contributed by atoms with van der Waals surface area (Å²) in [4.78, 5) is 12.1. The van der Waals surface area contributed by atoms with E-state index < -0.39 is 5.41 Å². The Balaban J connectivity index is 2.58. The highest BCUT2D eigenvalue weighted by molar-refractivity contribution is 5.83. The van der Waals surface area contributed by atoms with Crippen molar-refractivity contribution in [3.63, 3.8) is 0 Å². The third kappa shape index (κ3) is 2.97. The Labute approximate surface area is 96.9 Å². The lowest BCUT2D eigenvalue weighted by Gasteiger charge is -2.35. The van der Waals surface area contributed by atoms with Crippen molar-refractivity contribution in [1.82, 2.24) is 5.32 Å². The lowest BCUT2D eigenvalue weighted by atomic mass is 9.79. The highest BCUT2D eigenvalue weighted by Gasteiger charge is 2.38. The summed E-state index contributed by atoms with van der Waals surface area (Å²) in [6.07, 6.45) is 7.13. The van der Waals surface area contributed by atoms with E-state index in [0.717, 1.165) is 0 Å². The van der Waals surface area contributed by atoms with E-state index in [1.807, 2.05) is 6.92 Å². The first-order valence-electron chi connectivity index (χ1n) is 5.67. The largest absolute Gasteiger partial charge is 0.381 e. The monoisotopic (exact) mass is 224 g/mol. The Morgan fingerprint density at radius 2 is 2.25 bits per heavy atom. The van der Waals surface area contributed by atoms with E-state index in [9.17, 15) is 4.79 Å². The molecule has 1 aliphatic heterocycles. The minimum absolute atomic E-state index is 0.00349. The number of nitrogens with two attached hydrogens (primary N) is 1. The molecule has 0 saturated carbocycles. The minimum Gasteiger partial charge on any atom is -0.381 e. The third-order valence-electron chi connectivity index (χ3n) is 3.12. The fraction of sp³-hybridized carbons (Fsp3) is 0.750. The smallest absolute Gasteiger partial charge is 0.227 e. The normalized spacial score (nSPS) is 20.8. The second-order valence-corrected chi connectivity index (χ2v) is 4.38. The summed E-state index contributed by atoms with van der Waals surface area (Å²) in [5.74, 6) is 2.55. The van der Waals surface area contributed by atoms with Crippen LogP contribution in [0, 0.1) is 17.8 Å². The van der Waals surface area contributed by atoms with Crippen LogP contribution in [0.25, 0.3) is 0 Å². The van der Waals surface area contributed by atoms with Gasteiger partial charge in [-0.3, -0.25) is 4.79 Å². The number of ether oxygens (including phenoxy) is 1. The molecule has 16 heavy (non-hydrogen) atoms. The van der Waals surface area contributed by atoms with Crippen molar-refractivity contribution in [2.24, 2.45) is 11.1 Å². The Kier molecular flexibility index (Phi) is 4.78. The highest BCUT2D eigenvalue weighted by Crippen LogP contribution is 2.29. The van der Waals surface area contributed by atoms with E-state index in [-0.39, 0.29) is 11.9 Å². The predicted octanol–water partition coefficient (Wildman–Crippen LogP) is 0.270. The molecule has 3 N–H and O–H groups in total. The maximum atomic E-state index is 12.1. The number of amides is 1. The van der Waals surface area contributed by atoms with Crippen LogP contribution in [0.2, 0.25) is 0 Å². The summed E-state index contributed by atoms with van der Waals surface area (Å²) in [5.41, 5.74) is 5.27. The van der Waals surface area contributed by atoms with Gasteiger partial charge in [0.25, 0.3) is 0 Å². The number of rotatable bonds is 4. The van der Waals surface area contributed by atoms with Crippen LogP contribution in [-0.2, 0) is 9.53 Å². The molecule has 1 saturated heterocycles. The van der Waals surface area contributed by atoms with E-state index in [1.54, 1.807) is 0 Å². The van der Waals surface area contributed by atoms with Crippen molar-refractivity contribution in [2.75, 3.05) is 19.8 Å². The Morgan fingerprint density at radius 3 is 2.75 bits per heavy atom. The van der Waals surface area contributed by atoms with Gasteiger partial charge in [0.1, 0.15) is 0 Å². The summed E-state index contributed by atoms with van der Waals surface area (Å²) < 4.78 is 5.26. The molecule has 1 amide bonds. The molecule has 4 nitrogen and oxygen atoms in total. The van der Waals surface area contributed by atoms with Crippen molar-refractivity contribution >= 4 is 5.91 Å². The number of carbonyl (C=O) groups excluding carboxylic acids is 1. The van der Waals surface area contributed by atoms with E-state index in [4.69, 9.17) is 16.9 Å². The van der Waals surface area contributed by atoms with Gasteiger partial charge in [-0.15, -0.1) is 12.3 Å². The third-order valence-corrected chi connectivity index (χ3v) is 3.12. The molecule has 0 aromatic rings. The first kappa shape index (κ1) is 13.0. The van der Waals surface area contributed by atoms with Crippen LogP contribution in [0.1, 0.15) is 26.2 Å². The molecule has 90 valence electrons. The first-order chi connectivity index (χ1) is 7.64. The molecule has 1 unspecified atom stereocenters. The van der Waals surface area contributed by atoms with Crippen LogP contribution in [0.5, 0.6) is 0 Å². The zero-order valence-corrected chi connectivity index (χ0v) is 9.79. The van der Waals surface area contributed by atoms with E-state index in [2.05, 4.69) is 11.2 Å². The van der Waals surface area contributed by atoms with Crippen LogP contribution in [-0.4, -0.2) is 31.7 Å². The number of terminal acetylenes is 1. The molecular formula is C12H20N2O2. The van der Waals surface area contributed by atoms with Crippen LogP contribution < -0.4 is 11.1 Å². The van der Waals surface area contributed by atoms with E-state index >= 15 is 0 Å². The fourth-order valence-corrected chi connectivity index (χ4v) is 1.89. The van der Waals surface area contributed by atoms with Gasteiger partial charge in [0.2, 0.25) is 5.91 Å². The topological polar surface area (TPSA) is 64.4 Å². The molecule has 0 aliphatic carbocycles. The van der Waals surface area contributed by atoms with Gasteiger partial charge in [-0.2, -0.15) is 0 Å². The lowest BCUT2D eigenvalue weighted by molar-refractivity contribution is -0.136. The fourth-order valence-electron chi connectivity index (χ4n) is 1.89. The van der Waals surface area contributed by atoms with E-state index in [1.165, 1.54) is 0 Å². The van der Waals surface area contributed by atoms with Gasteiger partial charge in [-0.25, -0.2) is 0 Å². The average Bonchev–Trinajstić information content (AvgIpc) is 2.30. The van der Waals surface area contributed by atoms with Gasteiger partial charge in [0, 0.05) is 32.2 Å². The molecule has 1 heterocycles. The number of nitrogens with one attached hydrogen (secondary N) is 1. The summed E-state index contributed by atoms with van der Waals surface area (Å²) in [6, 6.07) is 0.00349. The maximum Gasteiger partial charge on any atom is 0.227 e. The molecule has 0 aromatic heterocycles. The van der Waals surface area contributed by atoms with Gasteiger partial charge in [0.15, 0.2) is 0 Å². The molecule has 1 rings (SSSR count). The summed E-state index contributed by atoms with van der Waals surface area (Å²) >= 11 is 0. The van der Waals surface area contributed by atoms with Gasteiger partial charge in [-0.05, 0) is 19.8 Å². The van der Waals surface area contributed by atoms with Crippen molar-refractivity contribution in [1.29, 1.82) is 0 Å². The standard InChI is InChI=1S/C12H20N2O2/c1-3-4-10(2)14-11(15)12(9-13)5-7-16-8-6-12/h1,10H,4-9,13H2,2H3,(H,14,15). The van der Waals surface area contributed by atoms with Crippen molar-refractivity contribution in [2.45, 2.75) is 32.2 Å². The number of hydrogen-bond donors (Lipinski definition) is 2. The molecular weight excluding hydrogens is 204 g/mol. The summed E-state index contributed by atoms with van der Waals surface area (Å²) in [7, 11) is 0. The van der Waals surface area contributed by atoms with Crippen LogP contribution in [0.4, 0.5) is 0 Å². The van der Waals surface area contributed by atoms with Crippen LogP contribution in [0.3, 0.4) is 0 Å². The van der Waals surface area contributed by atoms with Gasteiger partial charge < -0.3 is 15.8 Å². The van der Waals surface area contributed by atoms with Crippen molar-refractivity contribution in [3.8, 4) is 12.3 Å². The SMILES string of the molecule is C#CCC(C)NC(=O)C1(CN)CCOCC1. The van der Waals surface area contributed by atoms with Crippen LogP contribution >= 0.6 is 0 Å². The van der Waals surface area contributed by atoms with E-state index in [0.29, 0.717) is 39.0 Å². The molecule has 4 heteroatoms. The molecule has 1 aliphatic rings. The number of carbonyl (C=O) groups is 1. The zero-order valence-electron chi connectivity index (χ0n) is 9.79. The first-order valence-corrected chi connectivity index (χ1v) is 5.67. The Bertz CT molecular complexity index is 277. The Morgan fingerprint density at radius 1 is 1.62 bits per heavy atom. The lowest BCUT2D eigenvalue weighted by Crippen LogP contribution is -2.51. The van der Waals surface area contributed by atoms with Crippen molar-refractivity contribution < 1.29 is 9.53 Å². The van der Waals surface area contributed by atoms with Gasteiger partial charge in [0.05, 0.1) is 5.41 Å². The highest BCUT2D eigenvalue weighted by atomic mass is 16.5. The molecule has 1 atom stereocenters. The molecule has 0 radical (unpaired) electrons. The molecule has 0 aromatic carbocycles. The van der Waals surface area contributed by atoms with Gasteiger partial charge in [-0.1, -0.05) is 0 Å². The predicted molar refractivity (Wildman–Crippen MR) is 62.6 cm³/mol. The second kappa shape index (κ2) is 5.88. The molecule has 1 fully saturated rings. The Hall–Kier alpha value is -1.05. The van der Waals surface area contributed by atoms with Crippen LogP contribution in [0.15, 0.2) is 0 Å². The minimum atomic E-state index is -0.457. The average molecular weight is 224 g/mol. The maximum absolute atomic E-state index is 12.1. The van der Waals surface area contributed by atoms with Crippen molar-refractivity contribution in [3.05, 3.63) is 0 Å². The summed E-state index contributed by atoms with van der Waals surface area (Å²) in [5, 5.41) is 2.93. The zero-order chi connectivity index (χ0) is 12.0. The molecule has 0 spiro atoms. The molecule has 0 bridgehead atoms. The summed E-state index contributed by atoms with van der Waals surface area (Å²) in [6.45, 7) is 3.48. The quantitative estimate of drug-likeness (QED) is 0.674. The second-order valence-electron chi connectivity index (χ2n) is 4.38. The number of hydrogen-bond acceptors (Lipinski definition) is 3.